The van der Waals surface area contributed by atoms with Crippen molar-refractivity contribution >= 4 is 12.0 Å². The second-order valence-electron chi connectivity index (χ2n) is 5.65. The lowest BCUT2D eigenvalue weighted by Gasteiger charge is -2.02. The lowest BCUT2D eigenvalue weighted by atomic mass is 10.2. The Morgan fingerprint density at radius 2 is 1.73 bits per heavy atom. The van der Waals surface area contributed by atoms with Gasteiger partial charge in [-0.2, -0.15) is 10.4 Å². The maximum absolute atomic E-state index is 9.24. The summed E-state index contributed by atoms with van der Waals surface area (Å²) in [5.74, 6) is 0.472. The van der Waals surface area contributed by atoms with Crippen LogP contribution < -0.4 is 5.49 Å². The molecule has 0 aliphatic heterocycles. The minimum Gasteiger partial charge on any atom is -0.283 e. The van der Waals surface area contributed by atoms with Gasteiger partial charge in [-0.3, -0.25) is 9.81 Å². The summed E-state index contributed by atoms with van der Waals surface area (Å²) in [6.45, 7) is 0. The Hall–Kier alpha value is -3.98. The number of aromatic nitrogens is 3. The molecule has 0 atom stereocenters. The monoisotopic (exact) mass is 338 g/mol. The van der Waals surface area contributed by atoms with Crippen LogP contribution in [0.3, 0.4) is 0 Å². The van der Waals surface area contributed by atoms with Gasteiger partial charge in [0.2, 0.25) is 5.78 Å². The fourth-order valence-corrected chi connectivity index (χ4v) is 2.73. The zero-order chi connectivity index (χ0) is 17.9. The molecule has 0 saturated carbocycles. The van der Waals surface area contributed by atoms with Gasteiger partial charge in [-0.25, -0.2) is 9.66 Å². The number of hydrogen-bond donors (Lipinski definition) is 1. The molecule has 2 aromatic carbocycles. The summed E-state index contributed by atoms with van der Waals surface area (Å²) in [7, 11) is 0. The number of imidazole rings is 1. The van der Waals surface area contributed by atoms with E-state index in [2.05, 4.69) is 10.1 Å². The van der Waals surface area contributed by atoms with Crippen molar-refractivity contribution in [2.45, 2.75) is 0 Å². The Balaban J connectivity index is 1.95. The van der Waals surface area contributed by atoms with Crippen LogP contribution in [0.2, 0.25) is 0 Å². The van der Waals surface area contributed by atoms with E-state index >= 15 is 0 Å². The highest BCUT2D eigenvalue weighted by atomic mass is 15.4. The number of rotatable bonds is 3. The highest BCUT2D eigenvalue weighted by molar-refractivity contribution is 5.79. The quantitative estimate of drug-likeness (QED) is 0.583. The largest absolute Gasteiger partial charge is 0.283 e. The van der Waals surface area contributed by atoms with Crippen molar-refractivity contribution in [1.82, 2.24) is 14.1 Å². The topological polar surface area (TPSA) is 82.2 Å². The third kappa shape index (κ3) is 2.68. The van der Waals surface area contributed by atoms with Crippen molar-refractivity contribution in [2.75, 3.05) is 0 Å². The molecule has 1 N–H and O–H groups in total. The molecule has 6 nitrogen and oxygen atoms in total. The molecule has 2 heterocycles. The van der Waals surface area contributed by atoms with Crippen molar-refractivity contribution < 1.29 is 0 Å². The normalized spacial score (nSPS) is 11.0. The first kappa shape index (κ1) is 15.5. The van der Waals surface area contributed by atoms with Crippen LogP contribution in [0.4, 0.5) is 0 Å². The molecule has 0 fully saturated rings. The predicted octanol–water partition coefficient (Wildman–Crippen LogP) is 3.04. The summed E-state index contributed by atoms with van der Waals surface area (Å²) in [6, 6.07) is 21.4. The molecule has 0 aliphatic rings. The van der Waals surface area contributed by atoms with Gasteiger partial charge in [0.05, 0.1) is 24.3 Å². The van der Waals surface area contributed by atoms with E-state index in [1.54, 1.807) is 15.3 Å². The Morgan fingerprint density at radius 1 is 1.04 bits per heavy atom. The molecule has 0 radical (unpaired) electrons. The fraction of sp³-hybridized carbons (Fsp3) is 0. The molecule has 0 unspecified atom stereocenters. The molecule has 0 spiro atoms. The predicted molar refractivity (Wildman–Crippen MR) is 98.6 cm³/mol. The van der Waals surface area contributed by atoms with Crippen LogP contribution in [0, 0.1) is 16.7 Å². The number of nitriles is 1. The Labute approximate surface area is 149 Å². The van der Waals surface area contributed by atoms with Gasteiger partial charge in [0.25, 0.3) is 0 Å². The number of benzene rings is 2. The minimum atomic E-state index is 0.0880. The standard InChI is InChI=1S/C20H14N6/c21-11-17-13-23-20-25(24-12-15-7-3-1-4-8-15)14-18(26(20)19(17)22)16-9-5-2-6-10-16/h1-10,12-14,22H. The van der Waals surface area contributed by atoms with E-state index in [9.17, 15) is 5.26 Å². The zero-order valence-electron chi connectivity index (χ0n) is 13.7. The van der Waals surface area contributed by atoms with Gasteiger partial charge in [0.1, 0.15) is 11.6 Å². The highest BCUT2D eigenvalue weighted by Gasteiger charge is 2.13. The molecule has 124 valence electrons. The maximum atomic E-state index is 9.24. The van der Waals surface area contributed by atoms with E-state index in [4.69, 9.17) is 5.41 Å². The lowest BCUT2D eigenvalue weighted by Crippen LogP contribution is -2.18. The molecule has 0 aliphatic carbocycles. The van der Waals surface area contributed by atoms with Crippen LogP contribution in [0.15, 0.2) is 78.2 Å². The van der Waals surface area contributed by atoms with E-state index in [0.717, 1.165) is 16.8 Å². The van der Waals surface area contributed by atoms with Crippen LogP contribution in [-0.2, 0) is 0 Å². The maximum Gasteiger partial charge on any atom is 0.237 e. The molecule has 0 saturated heterocycles. The van der Waals surface area contributed by atoms with Gasteiger partial charge in [-0.1, -0.05) is 60.7 Å². The van der Waals surface area contributed by atoms with E-state index in [-0.39, 0.29) is 11.1 Å². The van der Waals surface area contributed by atoms with E-state index in [1.165, 1.54) is 6.20 Å². The van der Waals surface area contributed by atoms with Gasteiger partial charge in [-0.15, -0.1) is 0 Å². The summed E-state index contributed by atoms with van der Waals surface area (Å²) in [5, 5.41) is 22.1. The van der Waals surface area contributed by atoms with Gasteiger partial charge in [0, 0.05) is 5.56 Å². The average Bonchev–Trinajstić information content (AvgIpc) is 3.08. The van der Waals surface area contributed by atoms with Crippen LogP contribution >= 0.6 is 0 Å². The second kappa shape index (κ2) is 6.49. The van der Waals surface area contributed by atoms with Crippen molar-refractivity contribution in [2.24, 2.45) is 5.10 Å². The number of fused-ring (bicyclic) bond motifs is 1. The number of nitrogens with one attached hydrogen (secondary N) is 1. The molecule has 2 aromatic heterocycles. The smallest absolute Gasteiger partial charge is 0.237 e. The third-order valence-corrected chi connectivity index (χ3v) is 4.00. The average molecular weight is 338 g/mol. The van der Waals surface area contributed by atoms with Crippen LogP contribution in [0.5, 0.6) is 0 Å². The second-order valence-corrected chi connectivity index (χ2v) is 5.65. The summed E-state index contributed by atoms with van der Waals surface area (Å²) in [6.07, 6.45) is 4.95. The van der Waals surface area contributed by atoms with Crippen molar-refractivity contribution in [1.29, 1.82) is 10.7 Å². The van der Waals surface area contributed by atoms with Crippen LogP contribution in [0.1, 0.15) is 11.1 Å². The molecular formula is C20H14N6. The lowest BCUT2D eigenvalue weighted by molar-refractivity contribution is 0.873. The van der Waals surface area contributed by atoms with Gasteiger partial charge < -0.3 is 0 Å². The molecule has 4 aromatic rings. The van der Waals surface area contributed by atoms with E-state index in [1.807, 2.05) is 72.9 Å². The van der Waals surface area contributed by atoms with Crippen molar-refractivity contribution in [3.05, 3.63) is 89.7 Å². The SMILES string of the molecule is N#Cc1cnc2n(N=Cc3ccccc3)cc(-c3ccccc3)n2c1=N. The third-order valence-electron chi connectivity index (χ3n) is 4.00. The summed E-state index contributed by atoms with van der Waals surface area (Å²) < 4.78 is 3.25. The van der Waals surface area contributed by atoms with Gasteiger partial charge in [-0.05, 0) is 5.56 Å². The molecule has 6 heteroatoms. The highest BCUT2D eigenvalue weighted by Crippen LogP contribution is 2.20. The first-order valence-electron chi connectivity index (χ1n) is 8.00. The first-order valence-corrected chi connectivity index (χ1v) is 8.00. The molecule has 26 heavy (non-hydrogen) atoms. The molecule has 4 rings (SSSR count). The van der Waals surface area contributed by atoms with E-state index < -0.39 is 0 Å². The Morgan fingerprint density at radius 3 is 2.42 bits per heavy atom. The molecule has 0 bridgehead atoms. The van der Waals surface area contributed by atoms with Crippen molar-refractivity contribution in [3.63, 3.8) is 0 Å². The summed E-state index contributed by atoms with van der Waals surface area (Å²) in [4.78, 5) is 4.34. The van der Waals surface area contributed by atoms with Gasteiger partial charge >= 0.3 is 0 Å². The molecular weight excluding hydrogens is 324 g/mol. The van der Waals surface area contributed by atoms with E-state index in [0.29, 0.717) is 5.78 Å². The number of nitrogens with zero attached hydrogens (tertiary/aromatic N) is 5. The molecule has 0 amide bonds. The van der Waals surface area contributed by atoms with Crippen LogP contribution in [0.25, 0.3) is 17.0 Å². The summed E-state index contributed by atoms with van der Waals surface area (Å²) in [5.41, 5.74) is 2.93. The fourth-order valence-electron chi connectivity index (χ4n) is 2.73. The van der Waals surface area contributed by atoms with Crippen molar-refractivity contribution in [3.8, 4) is 17.3 Å². The Bertz CT molecular complexity index is 1190. The minimum absolute atomic E-state index is 0.0880. The number of hydrogen-bond acceptors (Lipinski definition) is 4. The van der Waals surface area contributed by atoms with Gasteiger partial charge in [0.15, 0.2) is 5.49 Å². The summed E-state index contributed by atoms with van der Waals surface area (Å²) >= 11 is 0. The Kier molecular flexibility index (Phi) is 3.88. The first-order chi connectivity index (χ1) is 12.8. The van der Waals surface area contributed by atoms with Crippen LogP contribution in [-0.4, -0.2) is 20.3 Å². The zero-order valence-corrected chi connectivity index (χ0v) is 13.7.